The largest absolute Gasteiger partial charge is 0.383 e. The van der Waals surface area contributed by atoms with Gasteiger partial charge in [0.2, 0.25) is 0 Å². The molecule has 0 aliphatic carbocycles. The Morgan fingerprint density at radius 1 is 1.32 bits per heavy atom. The fourth-order valence-electron chi connectivity index (χ4n) is 2.05. The summed E-state index contributed by atoms with van der Waals surface area (Å²) in [4.78, 5) is 25.8. The third-order valence-corrected chi connectivity index (χ3v) is 2.91. The number of anilines is 1. The summed E-state index contributed by atoms with van der Waals surface area (Å²) in [6.45, 7) is 0.607. The number of non-ortho nitro benzene ring substituents is 1. The van der Waals surface area contributed by atoms with Crippen LogP contribution in [0.2, 0.25) is 0 Å². The lowest BCUT2D eigenvalue weighted by Crippen LogP contribution is -2.24. The normalized spacial score (nSPS) is 17.1. The van der Waals surface area contributed by atoms with Gasteiger partial charge in [-0.1, -0.05) is 0 Å². The van der Waals surface area contributed by atoms with Crippen LogP contribution in [0.1, 0.15) is 6.42 Å². The first-order valence-corrected chi connectivity index (χ1v) is 5.92. The standard InChI is InChI=1S/C13H15N3O3/c1-14(2)9-10-7-8-15(13(10)17)11-3-5-12(6-4-11)16(18)19/h3-6,9H,7-8H2,1-2H3/b10-9+. The molecule has 0 aromatic heterocycles. The van der Waals surface area contributed by atoms with Crippen molar-refractivity contribution in [2.75, 3.05) is 25.5 Å². The Bertz CT molecular complexity index is 535. The highest BCUT2D eigenvalue weighted by molar-refractivity contribution is 6.08. The zero-order valence-electron chi connectivity index (χ0n) is 10.9. The summed E-state index contributed by atoms with van der Waals surface area (Å²) in [6, 6.07) is 6.04. The molecular weight excluding hydrogens is 246 g/mol. The van der Waals surface area contributed by atoms with E-state index in [4.69, 9.17) is 0 Å². The number of nitro groups is 1. The smallest absolute Gasteiger partial charge is 0.269 e. The van der Waals surface area contributed by atoms with Crippen LogP contribution in [-0.4, -0.2) is 36.4 Å². The number of benzene rings is 1. The van der Waals surface area contributed by atoms with E-state index in [1.54, 1.807) is 17.0 Å². The van der Waals surface area contributed by atoms with E-state index in [1.807, 2.05) is 25.2 Å². The topological polar surface area (TPSA) is 66.7 Å². The van der Waals surface area contributed by atoms with E-state index >= 15 is 0 Å². The third kappa shape index (κ3) is 2.73. The van der Waals surface area contributed by atoms with Gasteiger partial charge in [0.05, 0.1) is 4.92 Å². The second kappa shape index (κ2) is 5.09. The number of rotatable bonds is 3. The average Bonchev–Trinajstić information content (AvgIpc) is 2.70. The Labute approximate surface area is 111 Å². The van der Waals surface area contributed by atoms with Gasteiger partial charge < -0.3 is 9.80 Å². The van der Waals surface area contributed by atoms with Crippen LogP contribution in [0, 0.1) is 10.1 Å². The Hall–Kier alpha value is -2.37. The van der Waals surface area contributed by atoms with Crippen LogP contribution in [0.5, 0.6) is 0 Å². The summed E-state index contributed by atoms with van der Waals surface area (Å²) >= 11 is 0. The Balaban J connectivity index is 2.20. The van der Waals surface area contributed by atoms with Crippen molar-refractivity contribution < 1.29 is 9.72 Å². The first-order valence-electron chi connectivity index (χ1n) is 5.92. The SMILES string of the molecule is CN(C)/C=C1\CCN(c2ccc([N+](=O)[O-])cc2)C1=O. The zero-order chi connectivity index (χ0) is 14.0. The summed E-state index contributed by atoms with van der Waals surface area (Å²) in [6.07, 6.45) is 2.50. The van der Waals surface area contributed by atoms with Crippen LogP contribution in [0.15, 0.2) is 36.0 Å². The molecule has 1 aromatic carbocycles. The summed E-state index contributed by atoms with van der Waals surface area (Å²) < 4.78 is 0. The molecule has 19 heavy (non-hydrogen) atoms. The van der Waals surface area contributed by atoms with E-state index in [1.165, 1.54) is 12.1 Å². The number of carbonyl (C=O) groups is 1. The molecule has 1 fully saturated rings. The molecule has 0 bridgehead atoms. The maximum Gasteiger partial charge on any atom is 0.269 e. The monoisotopic (exact) mass is 261 g/mol. The summed E-state index contributed by atoms with van der Waals surface area (Å²) in [5.74, 6) is -0.0393. The molecule has 0 atom stereocenters. The van der Waals surface area contributed by atoms with E-state index < -0.39 is 4.92 Å². The maximum atomic E-state index is 12.2. The van der Waals surface area contributed by atoms with Gasteiger partial charge in [-0.2, -0.15) is 0 Å². The highest BCUT2D eigenvalue weighted by atomic mass is 16.6. The number of carbonyl (C=O) groups excluding carboxylic acids is 1. The number of amides is 1. The molecule has 0 saturated carbocycles. The predicted octanol–water partition coefficient (Wildman–Crippen LogP) is 1.78. The Morgan fingerprint density at radius 2 is 1.95 bits per heavy atom. The van der Waals surface area contributed by atoms with Crippen LogP contribution >= 0.6 is 0 Å². The number of hydrogen-bond donors (Lipinski definition) is 0. The van der Waals surface area contributed by atoms with E-state index in [-0.39, 0.29) is 11.6 Å². The first-order chi connectivity index (χ1) is 8.99. The van der Waals surface area contributed by atoms with Gasteiger partial charge in [-0.15, -0.1) is 0 Å². The fourth-order valence-corrected chi connectivity index (χ4v) is 2.05. The number of nitrogens with zero attached hydrogens (tertiary/aromatic N) is 3. The molecule has 0 N–H and O–H groups in total. The molecule has 1 saturated heterocycles. The van der Waals surface area contributed by atoms with Crippen molar-refractivity contribution in [2.24, 2.45) is 0 Å². The molecule has 1 aromatic rings. The van der Waals surface area contributed by atoms with E-state index in [0.717, 1.165) is 5.57 Å². The molecule has 1 aliphatic rings. The zero-order valence-corrected chi connectivity index (χ0v) is 10.9. The first kappa shape index (κ1) is 13.1. The second-order valence-electron chi connectivity index (χ2n) is 4.60. The van der Waals surface area contributed by atoms with Crippen molar-refractivity contribution in [2.45, 2.75) is 6.42 Å². The molecule has 2 rings (SSSR count). The molecule has 0 radical (unpaired) electrons. The van der Waals surface area contributed by atoms with Crippen molar-refractivity contribution in [1.29, 1.82) is 0 Å². The van der Waals surface area contributed by atoms with Crippen molar-refractivity contribution in [1.82, 2.24) is 4.90 Å². The van der Waals surface area contributed by atoms with Crippen LogP contribution < -0.4 is 4.90 Å². The lowest BCUT2D eigenvalue weighted by Gasteiger charge is -2.15. The van der Waals surface area contributed by atoms with Crippen molar-refractivity contribution in [3.8, 4) is 0 Å². The molecule has 1 amide bonds. The van der Waals surface area contributed by atoms with Crippen molar-refractivity contribution in [3.05, 3.63) is 46.2 Å². The lowest BCUT2D eigenvalue weighted by atomic mass is 10.2. The van der Waals surface area contributed by atoms with Crippen LogP contribution in [0.4, 0.5) is 11.4 Å². The van der Waals surface area contributed by atoms with Crippen molar-refractivity contribution >= 4 is 17.3 Å². The average molecular weight is 261 g/mol. The second-order valence-corrected chi connectivity index (χ2v) is 4.60. The molecule has 0 unspecified atom stereocenters. The fraction of sp³-hybridized carbons (Fsp3) is 0.308. The quantitative estimate of drug-likeness (QED) is 0.472. The van der Waals surface area contributed by atoms with Gasteiger partial charge in [-0.3, -0.25) is 14.9 Å². The van der Waals surface area contributed by atoms with Gasteiger partial charge >= 0.3 is 0 Å². The minimum Gasteiger partial charge on any atom is -0.383 e. The van der Waals surface area contributed by atoms with Crippen LogP contribution in [0.3, 0.4) is 0 Å². The third-order valence-electron chi connectivity index (χ3n) is 2.91. The summed E-state index contributed by atoms with van der Waals surface area (Å²) in [5, 5.41) is 10.6. The van der Waals surface area contributed by atoms with Crippen LogP contribution in [-0.2, 0) is 4.79 Å². The minimum absolute atomic E-state index is 0.0273. The number of nitro benzene ring substituents is 1. The van der Waals surface area contributed by atoms with Gasteiger partial charge in [-0.25, -0.2) is 0 Å². The highest BCUT2D eigenvalue weighted by Gasteiger charge is 2.27. The maximum absolute atomic E-state index is 12.2. The molecular formula is C13H15N3O3. The van der Waals surface area contributed by atoms with E-state index in [2.05, 4.69) is 0 Å². The van der Waals surface area contributed by atoms with Gasteiger partial charge in [0, 0.05) is 50.2 Å². The molecule has 1 aliphatic heterocycles. The Morgan fingerprint density at radius 3 is 2.47 bits per heavy atom. The molecule has 0 spiro atoms. The predicted molar refractivity (Wildman–Crippen MR) is 71.8 cm³/mol. The molecule has 100 valence electrons. The van der Waals surface area contributed by atoms with Gasteiger partial charge in [0.25, 0.3) is 11.6 Å². The minimum atomic E-state index is -0.451. The van der Waals surface area contributed by atoms with Gasteiger partial charge in [-0.05, 0) is 18.6 Å². The molecule has 1 heterocycles. The molecule has 6 nitrogen and oxygen atoms in total. The van der Waals surface area contributed by atoms with E-state index in [9.17, 15) is 14.9 Å². The van der Waals surface area contributed by atoms with Crippen LogP contribution in [0.25, 0.3) is 0 Å². The van der Waals surface area contributed by atoms with Gasteiger partial charge in [0.1, 0.15) is 0 Å². The molecule has 6 heteroatoms. The van der Waals surface area contributed by atoms with E-state index in [0.29, 0.717) is 18.7 Å². The lowest BCUT2D eigenvalue weighted by molar-refractivity contribution is -0.384. The highest BCUT2D eigenvalue weighted by Crippen LogP contribution is 2.26. The Kier molecular flexibility index (Phi) is 3.50. The summed E-state index contributed by atoms with van der Waals surface area (Å²) in [5.41, 5.74) is 1.47. The van der Waals surface area contributed by atoms with Crippen molar-refractivity contribution in [3.63, 3.8) is 0 Å². The number of hydrogen-bond acceptors (Lipinski definition) is 4. The summed E-state index contributed by atoms with van der Waals surface area (Å²) in [7, 11) is 3.74. The van der Waals surface area contributed by atoms with Gasteiger partial charge in [0.15, 0.2) is 0 Å².